The molecule has 0 bridgehead atoms. The van der Waals surface area contributed by atoms with E-state index in [2.05, 4.69) is 0 Å². The van der Waals surface area contributed by atoms with Gasteiger partial charge in [-0.15, -0.1) is 0 Å². The van der Waals surface area contributed by atoms with Crippen molar-refractivity contribution in [2.45, 2.75) is 0 Å². The lowest BCUT2D eigenvalue weighted by molar-refractivity contribution is 0.505. The molecule has 0 atom stereocenters. The fourth-order valence-electron chi connectivity index (χ4n) is 0.618. The van der Waals surface area contributed by atoms with Gasteiger partial charge in [0.15, 0.2) is 0 Å². The van der Waals surface area contributed by atoms with Gasteiger partial charge >= 0.3 is 0 Å². The van der Waals surface area contributed by atoms with Gasteiger partial charge in [0, 0.05) is 5.56 Å². The lowest BCUT2D eigenvalue weighted by Crippen LogP contribution is -2.10. The SMILES string of the molecule is CN(C)C.N=C(N)c1ccccc1. The number of benzene rings is 1. The number of rotatable bonds is 1. The minimum absolute atomic E-state index is 0.121. The van der Waals surface area contributed by atoms with Crippen molar-refractivity contribution in [3.05, 3.63) is 35.9 Å². The van der Waals surface area contributed by atoms with Gasteiger partial charge in [0.05, 0.1) is 0 Å². The topological polar surface area (TPSA) is 53.1 Å². The maximum absolute atomic E-state index is 7.01. The van der Waals surface area contributed by atoms with E-state index >= 15 is 0 Å². The summed E-state index contributed by atoms with van der Waals surface area (Å²) in [6.45, 7) is 0. The van der Waals surface area contributed by atoms with Crippen LogP contribution in [0.2, 0.25) is 0 Å². The highest BCUT2D eigenvalue weighted by Crippen LogP contribution is 1.94. The predicted octanol–water partition coefficient (Wildman–Crippen LogP) is 1.15. The van der Waals surface area contributed by atoms with E-state index in [1.807, 2.05) is 56.4 Å². The lowest BCUT2D eigenvalue weighted by atomic mass is 10.2. The van der Waals surface area contributed by atoms with Crippen LogP contribution in [-0.4, -0.2) is 31.9 Å². The van der Waals surface area contributed by atoms with Crippen LogP contribution in [0.15, 0.2) is 30.3 Å². The minimum Gasteiger partial charge on any atom is -0.384 e. The summed E-state index contributed by atoms with van der Waals surface area (Å²) in [5, 5.41) is 7.01. The molecule has 0 aliphatic carbocycles. The van der Waals surface area contributed by atoms with Crippen LogP contribution >= 0.6 is 0 Å². The molecule has 0 aromatic heterocycles. The smallest absolute Gasteiger partial charge is 0.122 e. The Morgan fingerprint density at radius 2 is 1.54 bits per heavy atom. The van der Waals surface area contributed by atoms with Crippen LogP contribution in [0.4, 0.5) is 0 Å². The molecular weight excluding hydrogens is 162 g/mol. The van der Waals surface area contributed by atoms with Gasteiger partial charge in [-0.05, 0) is 21.1 Å². The third kappa shape index (κ3) is 7.03. The van der Waals surface area contributed by atoms with E-state index in [9.17, 15) is 0 Å². The molecule has 0 aliphatic heterocycles. The van der Waals surface area contributed by atoms with Crippen molar-refractivity contribution in [2.75, 3.05) is 21.1 Å². The van der Waals surface area contributed by atoms with Crippen molar-refractivity contribution in [3.63, 3.8) is 0 Å². The maximum atomic E-state index is 7.01. The van der Waals surface area contributed by atoms with E-state index in [1.165, 1.54) is 0 Å². The molecule has 0 radical (unpaired) electrons. The molecule has 1 aromatic rings. The summed E-state index contributed by atoms with van der Waals surface area (Å²) in [6.07, 6.45) is 0. The molecule has 3 N–H and O–H groups in total. The first-order chi connectivity index (χ1) is 6.04. The van der Waals surface area contributed by atoms with Crippen LogP contribution in [0, 0.1) is 5.41 Å². The van der Waals surface area contributed by atoms with Crippen molar-refractivity contribution in [1.82, 2.24) is 4.90 Å². The largest absolute Gasteiger partial charge is 0.384 e. The maximum Gasteiger partial charge on any atom is 0.122 e. The fraction of sp³-hybridized carbons (Fsp3) is 0.300. The Morgan fingerprint density at radius 1 is 1.15 bits per heavy atom. The zero-order chi connectivity index (χ0) is 10.3. The molecule has 0 fully saturated rings. The number of nitrogens with two attached hydrogens (primary N) is 1. The highest BCUT2D eigenvalue weighted by Gasteiger charge is 1.89. The number of nitrogens with one attached hydrogen (secondary N) is 1. The van der Waals surface area contributed by atoms with Crippen LogP contribution < -0.4 is 5.73 Å². The molecule has 3 nitrogen and oxygen atoms in total. The average molecular weight is 179 g/mol. The molecule has 0 spiro atoms. The first kappa shape index (κ1) is 11.6. The Kier molecular flexibility index (Phi) is 5.55. The normalized spacial score (nSPS) is 8.92. The molecule has 3 heteroatoms. The fourth-order valence-corrected chi connectivity index (χ4v) is 0.618. The number of hydrogen-bond acceptors (Lipinski definition) is 2. The molecule has 0 saturated carbocycles. The molecule has 0 amide bonds. The Morgan fingerprint density at radius 3 is 1.77 bits per heavy atom. The molecule has 0 heterocycles. The van der Waals surface area contributed by atoms with Crippen LogP contribution in [0.3, 0.4) is 0 Å². The third-order valence-electron chi connectivity index (χ3n) is 1.08. The molecule has 72 valence electrons. The van der Waals surface area contributed by atoms with Crippen LogP contribution in [0.1, 0.15) is 5.56 Å². The Hall–Kier alpha value is -1.35. The molecule has 1 aromatic carbocycles. The van der Waals surface area contributed by atoms with Gasteiger partial charge < -0.3 is 10.6 Å². The van der Waals surface area contributed by atoms with Crippen molar-refractivity contribution >= 4 is 5.84 Å². The van der Waals surface area contributed by atoms with E-state index in [1.54, 1.807) is 0 Å². The highest BCUT2D eigenvalue weighted by atomic mass is 15.0. The van der Waals surface area contributed by atoms with Crippen molar-refractivity contribution < 1.29 is 0 Å². The summed E-state index contributed by atoms with van der Waals surface area (Å²) in [7, 11) is 6.00. The zero-order valence-electron chi connectivity index (χ0n) is 8.41. The van der Waals surface area contributed by atoms with E-state index in [0.29, 0.717) is 0 Å². The standard InChI is InChI=1S/C7H8N2.C3H9N/c8-7(9)6-4-2-1-3-5-6;1-4(2)3/h1-5H,(H3,8,9);1-3H3. The van der Waals surface area contributed by atoms with Crippen molar-refractivity contribution in [1.29, 1.82) is 5.41 Å². The van der Waals surface area contributed by atoms with Gasteiger partial charge in [0.25, 0.3) is 0 Å². The van der Waals surface area contributed by atoms with E-state index < -0.39 is 0 Å². The summed E-state index contributed by atoms with van der Waals surface area (Å²) < 4.78 is 0. The van der Waals surface area contributed by atoms with E-state index in [-0.39, 0.29) is 5.84 Å². The first-order valence-electron chi connectivity index (χ1n) is 4.04. The average Bonchev–Trinajstić information content (AvgIpc) is 2.05. The van der Waals surface area contributed by atoms with Gasteiger partial charge in [-0.3, -0.25) is 5.41 Å². The van der Waals surface area contributed by atoms with Gasteiger partial charge in [-0.25, -0.2) is 0 Å². The summed E-state index contributed by atoms with van der Waals surface area (Å²) in [5.41, 5.74) is 5.97. The Labute approximate surface area is 79.7 Å². The minimum atomic E-state index is 0.121. The first-order valence-corrected chi connectivity index (χ1v) is 4.04. The Balaban J connectivity index is 0.000000310. The van der Waals surface area contributed by atoms with Crippen molar-refractivity contribution in [2.24, 2.45) is 5.73 Å². The molecule has 1 rings (SSSR count). The lowest BCUT2D eigenvalue weighted by Gasteiger charge is -1.93. The molecule has 0 unspecified atom stereocenters. The Bertz CT molecular complexity index is 239. The van der Waals surface area contributed by atoms with E-state index in [4.69, 9.17) is 11.1 Å². The third-order valence-corrected chi connectivity index (χ3v) is 1.08. The van der Waals surface area contributed by atoms with Gasteiger partial charge in [-0.2, -0.15) is 0 Å². The summed E-state index contributed by atoms with van der Waals surface area (Å²) in [6, 6.07) is 9.23. The van der Waals surface area contributed by atoms with E-state index in [0.717, 1.165) is 5.56 Å². The van der Waals surface area contributed by atoms with Gasteiger partial charge in [-0.1, -0.05) is 30.3 Å². The summed E-state index contributed by atoms with van der Waals surface area (Å²) in [4.78, 5) is 2.00. The predicted molar refractivity (Wildman–Crippen MR) is 57.1 cm³/mol. The summed E-state index contributed by atoms with van der Waals surface area (Å²) in [5.74, 6) is 0.121. The second kappa shape index (κ2) is 6.20. The van der Waals surface area contributed by atoms with Crippen LogP contribution in [-0.2, 0) is 0 Å². The highest BCUT2D eigenvalue weighted by molar-refractivity contribution is 5.94. The zero-order valence-corrected chi connectivity index (χ0v) is 8.41. The molecule has 0 saturated heterocycles. The van der Waals surface area contributed by atoms with Gasteiger partial charge in [0.1, 0.15) is 5.84 Å². The molecule has 13 heavy (non-hydrogen) atoms. The second-order valence-corrected chi connectivity index (χ2v) is 3.12. The van der Waals surface area contributed by atoms with Gasteiger partial charge in [0.2, 0.25) is 0 Å². The number of nitrogens with zero attached hydrogens (tertiary/aromatic N) is 1. The monoisotopic (exact) mass is 179 g/mol. The second-order valence-electron chi connectivity index (χ2n) is 3.12. The number of amidine groups is 1. The van der Waals surface area contributed by atoms with Crippen molar-refractivity contribution in [3.8, 4) is 0 Å². The quantitative estimate of drug-likeness (QED) is 0.502. The molecule has 0 aliphatic rings. The number of nitrogen functional groups attached to an aromatic ring is 1. The number of hydrogen-bond donors (Lipinski definition) is 2. The summed E-state index contributed by atoms with van der Waals surface area (Å²) >= 11 is 0. The van der Waals surface area contributed by atoms with Crippen LogP contribution in [0.5, 0.6) is 0 Å². The molecular formula is C10H17N3. The van der Waals surface area contributed by atoms with Crippen LogP contribution in [0.25, 0.3) is 0 Å².